The molecule has 5 heteroatoms. The van der Waals surface area contributed by atoms with Crippen LogP contribution in [-0.4, -0.2) is 19.0 Å². The molecular weight excluding hydrogens is 230 g/mol. The van der Waals surface area contributed by atoms with Gasteiger partial charge in [-0.1, -0.05) is 12.1 Å². The molecule has 0 saturated heterocycles. The molecule has 0 bridgehead atoms. The zero-order valence-corrected chi connectivity index (χ0v) is 10.3. The molecule has 1 aromatic rings. The van der Waals surface area contributed by atoms with Crippen molar-refractivity contribution in [1.29, 1.82) is 0 Å². The maximum absolute atomic E-state index is 11.5. The normalized spacial score (nSPS) is 13.8. The fourth-order valence-electron chi connectivity index (χ4n) is 1.57. The summed E-state index contributed by atoms with van der Waals surface area (Å²) in [4.78, 5) is 22.5. The van der Waals surface area contributed by atoms with Crippen LogP contribution >= 0.6 is 0 Å². The Kier molecular flexibility index (Phi) is 3.82. The SMILES string of the molecule is CNC(=O)NCc1ccc(NC(=O)C2CC2)cc1. The molecule has 0 radical (unpaired) electrons. The highest BCUT2D eigenvalue weighted by atomic mass is 16.2. The number of amides is 3. The van der Waals surface area contributed by atoms with Gasteiger partial charge in [0.2, 0.25) is 5.91 Å². The first-order valence-corrected chi connectivity index (χ1v) is 6.04. The van der Waals surface area contributed by atoms with Crippen LogP contribution in [0.25, 0.3) is 0 Å². The summed E-state index contributed by atoms with van der Waals surface area (Å²) < 4.78 is 0. The molecule has 0 unspecified atom stereocenters. The lowest BCUT2D eigenvalue weighted by Crippen LogP contribution is -2.32. The third-order valence-electron chi connectivity index (χ3n) is 2.85. The van der Waals surface area contributed by atoms with Gasteiger partial charge in [0.25, 0.3) is 0 Å². The van der Waals surface area contributed by atoms with Gasteiger partial charge in [-0.25, -0.2) is 4.79 Å². The van der Waals surface area contributed by atoms with Crippen LogP contribution in [0.5, 0.6) is 0 Å². The Balaban J connectivity index is 1.84. The van der Waals surface area contributed by atoms with E-state index in [1.54, 1.807) is 7.05 Å². The molecule has 1 saturated carbocycles. The second-order valence-corrected chi connectivity index (χ2v) is 4.39. The second-order valence-electron chi connectivity index (χ2n) is 4.39. The molecule has 1 aliphatic carbocycles. The number of urea groups is 1. The fraction of sp³-hybridized carbons (Fsp3) is 0.385. The van der Waals surface area contributed by atoms with Gasteiger partial charge in [-0.05, 0) is 30.5 Å². The molecule has 0 aliphatic heterocycles. The molecule has 1 aliphatic rings. The summed E-state index contributed by atoms with van der Waals surface area (Å²) in [7, 11) is 1.58. The van der Waals surface area contributed by atoms with Crippen molar-refractivity contribution in [2.75, 3.05) is 12.4 Å². The van der Waals surface area contributed by atoms with Gasteiger partial charge in [0.1, 0.15) is 0 Å². The van der Waals surface area contributed by atoms with Crippen LogP contribution in [0.2, 0.25) is 0 Å². The minimum Gasteiger partial charge on any atom is -0.341 e. The van der Waals surface area contributed by atoms with Gasteiger partial charge in [0.15, 0.2) is 0 Å². The van der Waals surface area contributed by atoms with E-state index < -0.39 is 0 Å². The number of anilines is 1. The molecule has 18 heavy (non-hydrogen) atoms. The molecule has 0 spiro atoms. The van der Waals surface area contributed by atoms with Crippen molar-refractivity contribution in [3.63, 3.8) is 0 Å². The van der Waals surface area contributed by atoms with E-state index in [0.717, 1.165) is 24.1 Å². The molecule has 96 valence electrons. The average Bonchev–Trinajstić information content (AvgIpc) is 3.21. The summed E-state index contributed by atoms with van der Waals surface area (Å²) in [6, 6.07) is 7.26. The number of benzene rings is 1. The lowest BCUT2D eigenvalue weighted by atomic mass is 10.2. The van der Waals surface area contributed by atoms with Gasteiger partial charge in [0, 0.05) is 25.2 Å². The van der Waals surface area contributed by atoms with E-state index in [0.29, 0.717) is 6.54 Å². The molecule has 0 aromatic heterocycles. The van der Waals surface area contributed by atoms with E-state index in [4.69, 9.17) is 0 Å². The zero-order valence-electron chi connectivity index (χ0n) is 10.3. The highest BCUT2D eigenvalue weighted by molar-refractivity contribution is 5.94. The van der Waals surface area contributed by atoms with Crippen molar-refractivity contribution in [2.45, 2.75) is 19.4 Å². The van der Waals surface area contributed by atoms with Gasteiger partial charge >= 0.3 is 6.03 Å². The van der Waals surface area contributed by atoms with Crippen molar-refractivity contribution in [2.24, 2.45) is 5.92 Å². The Labute approximate surface area is 106 Å². The Morgan fingerprint density at radius 1 is 1.22 bits per heavy atom. The summed E-state index contributed by atoms with van der Waals surface area (Å²) >= 11 is 0. The third kappa shape index (κ3) is 3.48. The maximum atomic E-state index is 11.5. The maximum Gasteiger partial charge on any atom is 0.314 e. The van der Waals surface area contributed by atoms with Crippen LogP contribution in [0, 0.1) is 5.92 Å². The molecule has 2 rings (SSSR count). The lowest BCUT2D eigenvalue weighted by molar-refractivity contribution is -0.117. The van der Waals surface area contributed by atoms with Gasteiger partial charge in [-0.2, -0.15) is 0 Å². The van der Waals surface area contributed by atoms with Crippen molar-refractivity contribution in [3.05, 3.63) is 29.8 Å². The fourth-order valence-corrected chi connectivity index (χ4v) is 1.57. The first kappa shape index (κ1) is 12.4. The average molecular weight is 247 g/mol. The molecule has 1 fully saturated rings. The highest BCUT2D eigenvalue weighted by Crippen LogP contribution is 2.30. The Morgan fingerprint density at radius 3 is 2.44 bits per heavy atom. The number of rotatable bonds is 4. The van der Waals surface area contributed by atoms with Crippen LogP contribution in [0.3, 0.4) is 0 Å². The van der Waals surface area contributed by atoms with E-state index in [1.165, 1.54) is 0 Å². The highest BCUT2D eigenvalue weighted by Gasteiger charge is 2.29. The predicted octanol–water partition coefficient (Wildman–Crippen LogP) is 1.46. The monoisotopic (exact) mass is 247 g/mol. The van der Waals surface area contributed by atoms with Crippen molar-refractivity contribution in [3.8, 4) is 0 Å². The summed E-state index contributed by atoms with van der Waals surface area (Å²) in [6.07, 6.45) is 2.00. The van der Waals surface area contributed by atoms with Gasteiger partial charge in [0.05, 0.1) is 0 Å². The number of hydrogen-bond donors (Lipinski definition) is 3. The topological polar surface area (TPSA) is 70.2 Å². The number of carbonyl (C=O) groups is 2. The lowest BCUT2D eigenvalue weighted by Gasteiger charge is -2.07. The molecule has 1 aromatic carbocycles. The predicted molar refractivity (Wildman–Crippen MR) is 69.1 cm³/mol. The largest absolute Gasteiger partial charge is 0.341 e. The zero-order chi connectivity index (χ0) is 13.0. The molecule has 3 amide bonds. The summed E-state index contributed by atoms with van der Waals surface area (Å²) in [5.41, 5.74) is 1.79. The number of hydrogen-bond acceptors (Lipinski definition) is 2. The number of nitrogens with one attached hydrogen (secondary N) is 3. The van der Waals surface area contributed by atoms with E-state index >= 15 is 0 Å². The van der Waals surface area contributed by atoms with E-state index in [9.17, 15) is 9.59 Å². The number of carbonyl (C=O) groups excluding carboxylic acids is 2. The van der Waals surface area contributed by atoms with Crippen LogP contribution in [0.4, 0.5) is 10.5 Å². The minimum atomic E-state index is -0.207. The molecule has 3 N–H and O–H groups in total. The molecular formula is C13H17N3O2. The van der Waals surface area contributed by atoms with Gasteiger partial charge < -0.3 is 16.0 Å². The summed E-state index contributed by atoms with van der Waals surface area (Å²) in [5.74, 6) is 0.311. The quantitative estimate of drug-likeness (QED) is 0.754. The first-order valence-electron chi connectivity index (χ1n) is 6.04. The third-order valence-corrected chi connectivity index (χ3v) is 2.85. The first-order chi connectivity index (χ1) is 8.69. The van der Waals surface area contributed by atoms with Gasteiger partial charge in [-0.15, -0.1) is 0 Å². The molecule has 0 atom stereocenters. The van der Waals surface area contributed by atoms with E-state index in [2.05, 4.69) is 16.0 Å². The Morgan fingerprint density at radius 2 is 1.89 bits per heavy atom. The Bertz CT molecular complexity index is 438. The van der Waals surface area contributed by atoms with Gasteiger partial charge in [-0.3, -0.25) is 4.79 Å². The van der Waals surface area contributed by atoms with Crippen LogP contribution < -0.4 is 16.0 Å². The smallest absolute Gasteiger partial charge is 0.314 e. The minimum absolute atomic E-state index is 0.103. The van der Waals surface area contributed by atoms with Crippen molar-refractivity contribution in [1.82, 2.24) is 10.6 Å². The van der Waals surface area contributed by atoms with E-state index in [1.807, 2.05) is 24.3 Å². The Hall–Kier alpha value is -2.04. The second kappa shape index (κ2) is 5.53. The molecule has 5 nitrogen and oxygen atoms in total. The van der Waals surface area contributed by atoms with Crippen molar-refractivity contribution < 1.29 is 9.59 Å². The van der Waals surface area contributed by atoms with E-state index in [-0.39, 0.29) is 17.9 Å². The van der Waals surface area contributed by atoms with Crippen LogP contribution in [0.15, 0.2) is 24.3 Å². The van der Waals surface area contributed by atoms with Crippen LogP contribution in [0.1, 0.15) is 18.4 Å². The standard InChI is InChI=1S/C13H17N3O2/c1-14-13(18)15-8-9-2-6-11(7-3-9)16-12(17)10-4-5-10/h2-3,6-7,10H,4-5,8H2,1H3,(H,16,17)(H2,14,15,18). The van der Waals surface area contributed by atoms with Crippen LogP contribution in [-0.2, 0) is 11.3 Å². The van der Waals surface area contributed by atoms with Crippen molar-refractivity contribution >= 4 is 17.6 Å². The molecule has 0 heterocycles. The summed E-state index contributed by atoms with van der Waals surface area (Å²) in [5, 5.41) is 8.05. The summed E-state index contributed by atoms with van der Waals surface area (Å²) in [6.45, 7) is 0.469.